The maximum absolute atomic E-state index is 13.9. The van der Waals surface area contributed by atoms with E-state index in [0.717, 1.165) is 18.5 Å². The topological polar surface area (TPSA) is 72.4 Å². The molecule has 4 rings (SSSR count). The zero-order valence-corrected chi connectivity index (χ0v) is 15.2. The molecule has 1 aromatic carbocycles. The number of benzene rings is 1. The van der Waals surface area contributed by atoms with Crippen molar-refractivity contribution in [3.63, 3.8) is 0 Å². The van der Waals surface area contributed by atoms with Gasteiger partial charge in [-0.2, -0.15) is 0 Å². The Morgan fingerprint density at radius 3 is 2.78 bits per heavy atom. The number of aromatic nitrogens is 2. The van der Waals surface area contributed by atoms with E-state index in [9.17, 15) is 9.18 Å². The highest BCUT2D eigenvalue weighted by Crippen LogP contribution is 2.35. The van der Waals surface area contributed by atoms with Crippen LogP contribution in [0, 0.1) is 5.82 Å². The van der Waals surface area contributed by atoms with Crippen molar-refractivity contribution in [1.29, 1.82) is 0 Å². The van der Waals surface area contributed by atoms with Gasteiger partial charge in [-0.15, -0.1) is 0 Å². The second-order valence-corrected chi connectivity index (χ2v) is 7.02. The van der Waals surface area contributed by atoms with Crippen molar-refractivity contribution in [3.8, 4) is 11.3 Å². The molecule has 1 atom stereocenters. The molecule has 0 N–H and O–H groups in total. The van der Waals surface area contributed by atoms with E-state index in [1.165, 1.54) is 12.1 Å². The van der Waals surface area contributed by atoms with Crippen molar-refractivity contribution in [2.24, 2.45) is 0 Å². The van der Waals surface area contributed by atoms with Crippen LogP contribution in [0.2, 0.25) is 0 Å². The van der Waals surface area contributed by atoms with Gasteiger partial charge in [-0.25, -0.2) is 4.39 Å². The highest BCUT2D eigenvalue weighted by Gasteiger charge is 2.35. The molecule has 6 nitrogen and oxygen atoms in total. The van der Waals surface area contributed by atoms with Gasteiger partial charge in [-0.1, -0.05) is 36.3 Å². The van der Waals surface area contributed by atoms with E-state index in [2.05, 4.69) is 10.3 Å². The summed E-state index contributed by atoms with van der Waals surface area (Å²) in [7, 11) is 0. The van der Waals surface area contributed by atoms with E-state index in [4.69, 9.17) is 9.05 Å². The lowest BCUT2D eigenvalue weighted by atomic mass is 10.1. The van der Waals surface area contributed by atoms with Gasteiger partial charge in [0.25, 0.3) is 5.91 Å². The van der Waals surface area contributed by atoms with Crippen molar-refractivity contribution in [1.82, 2.24) is 15.2 Å². The normalized spacial score (nSPS) is 17.0. The Kier molecular flexibility index (Phi) is 4.51. The van der Waals surface area contributed by atoms with Crippen LogP contribution >= 0.6 is 0 Å². The molecular weight excluding hydrogens is 349 g/mol. The molecule has 1 aliphatic heterocycles. The third kappa shape index (κ3) is 3.25. The quantitative estimate of drug-likeness (QED) is 0.674. The first-order valence-corrected chi connectivity index (χ1v) is 9.03. The van der Waals surface area contributed by atoms with Gasteiger partial charge in [0.1, 0.15) is 11.5 Å². The fraction of sp³-hybridized carbons (Fsp3) is 0.350. The van der Waals surface area contributed by atoms with Crippen LogP contribution in [0.1, 0.15) is 60.7 Å². The zero-order valence-electron chi connectivity index (χ0n) is 15.2. The van der Waals surface area contributed by atoms with Crippen LogP contribution in [0.5, 0.6) is 0 Å². The minimum absolute atomic E-state index is 0.0868. The smallest absolute Gasteiger partial charge is 0.293 e. The molecule has 1 amide bonds. The minimum Gasteiger partial charge on any atom is -0.359 e. The van der Waals surface area contributed by atoms with Crippen molar-refractivity contribution in [2.45, 2.75) is 38.6 Å². The number of rotatable bonds is 4. The number of hydrogen-bond acceptors (Lipinski definition) is 5. The first kappa shape index (κ1) is 17.5. The molecule has 0 saturated carbocycles. The van der Waals surface area contributed by atoms with Gasteiger partial charge in [-0.3, -0.25) is 4.79 Å². The standard InChI is InChI=1S/C20H20FN3O3/c1-12(2)15-10-18(26-22-15)17-8-5-9-24(17)20(25)19-11-16(23-27-19)13-6-3-4-7-14(13)21/h3-4,6-7,10-12,17H,5,8-9H2,1-2H3/t17-/m1/s1. The third-order valence-electron chi connectivity index (χ3n) is 4.85. The first-order chi connectivity index (χ1) is 13.0. The molecule has 1 saturated heterocycles. The number of likely N-dealkylation sites (tertiary alicyclic amines) is 1. The van der Waals surface area contributed by atoms with Gasteiger partial charge in [0.15, 0.2) is 5.76 Å². The largest absolute Gasteiger partial charge is 0.359 e. The van der Waals surface area contributed by atoms with Gasteiger partial charge in [-0.05, 0) is 30.9 Å². The van der Waals surface area contributed by atoms with Crippen LogP contribution in [0.3, 0.4) is 0 Å². The number of amides is 1. The lowest BCUT2D eigenvalue weighted by Crippen LogP contribution is -2.30. The summed E-state index contributed by atoms with van der Waals surface area (Å²) >= 11 is 0. The molecule has 3 heterocycles. The molecule has 1 fully saturated rings. The maximum Gasteiger partial charge on any atom is 0.293 e. The van der Waals surface area contributed by atoms with Crippen molar-refractivity contribution in [3.05, 3.63) is 59.4 Å². The van der Waals surface area contributed by atoms with Crippen LogP contribution in [0.25, 0.3) is 11.3 Å². The highest BCUT2D eigenvalue weighted by molar-refractivity contribution is 5.92. The summed E-state index contributed by atoms with van der Waals surface area (Å²) in [5.74, 6) is 0.328. The average Bonchev–Trinajstić information content (AvgIpc) is 3.40. The van der Waals surface area contributed by atoms with Gasteiger partial charge in [0, 0.05) is 24.2 Å². The number of carbonyl (C=O) groups is 1. The number of carbonyl (C=O) groups excluding carboxylic acids is 1. The maximum atomic E-state index is 13.9. The predicted octanol–water partition coefficient (Wildman–Crippen LogP) is 4.57. The molecule has 0 bridgehead atoms. The molecular formula is C20H20FN3O3. The number of nitrogens with zero attached hydrogens (tertiary/aromatic N) is 3. The van der Waals surface area contributed by atoms with Crippen molar-refractivity contribution < 1.29 is 18.2 Å². The van der Waals surface area contributed by atoms with Crippen molar-refractivity contribution in [2.75, 3.05) is 6.54 Å². The van der Waals surface area contributed by atoms with Crippen LogP contribution in [-0.2, 0) is 0 Å². The monoisotopic (exact) mass is 369 g/mol. The summed E-state index contributed by atoms with van der Waals surface area (Å²) in [4.78, 5) is 14.6. The third-order valence-corrected chi connectivity index (χ3v) is 4.85. The molecule has 0 spiro atoms. The van der Waals surface area contributed by atoms with Crippen LogP contribution < -0.4 is 0 Å². The predicted molar refractivity (Wildman–Crippen MR) is 95.5 cm³/mol. The van der Waals surface area contributed by atoms with E-state index in [-0.39, 0.29) is 23.6 Å². The SMILES string of the molecule is CC(C)c1cc([C@H]2CCCN2C(=O)c2cc(-c3ccccc3F)no2)on1. The Labute approximate surface area is 155 Å². The number of halogens is 1. The summed E-state index contributed by atoms with van der Waals surface area (Å²) in [5, 5.41) is 7.96. The highest BCUT2D eigenvalue weighted by atomic mass is 19.1. The molecule has 0 unspecified atom stereocenters. The van der Waals surface area contributed by atoms with E-state index >= 15 is 0 Å². The summed E-state index contributed by atoms with van der Waals surface area (Å²) in [6, 6.07) is 9.46. The van der Waals surface area contributed by atoms with Gasteiger partial charge in [0.2, 0.25) is 5.76 Å². The summed E-state index contributed by atoms with van der Waals surface area (Å²) in [6.07, 6.45) is 1.66. The Balaban J connectivity index is 1.58. The van der Waals surface area contributed by atoms with Gasteiger partial charge >= 0.3 is 0 Å². The lowest BCUT2D eigenvalue weighted by Gasteiger charge is -2.21. The fourth-order valence-electron chi connectivity index (χ4n) is 3.35. The Morgan fingerprint density at radius 2 is 2.04 bits per heavy atom. The molecule has 1 aliphatic rings. The second-order valence-electron chi connectivity index (χ2n) is 7.02. The molecule has 7 heteroatoms. The summed E-state index contributed by atoms with van der Waals surface area (Å²) in [5.41, 5.74) is 1.47. The molecule has 3 aromatic rings. The van der Waals surface area contributed by atoms with Gasteiger partial charge < -0.3 is 13.9 Å². The Hall–Kier alpha value is -2.96. The van der Waals surface area contributed by atoms with Crippen molar-refractivity contribution >= 4 is 5.91 Å². The molecule has 2 aromatic heterocycles. The van der Waals surface area contributed by atoms with E-state index < -0.39 is 5.82 Å². The average molecular weight is 369 g/mol. The fourth-order valence-corrected chi connectivity index (χ4v) is 3.35. The molecule has 0 aliphatic carbocycles. The summed E-state index contributed by atoms with van der Waals surface area (Å²) in [6.45, 7) is 4.67. The Bertz CT molecular complexity index is 963. The van der Waals surface area contributed by atoms with Gasteiger partial charge in [0.05, 0.1) is 11.7 Å². The molecule has 27 heavy (non-hydrogen) atoms. The first-order valence-electron chi connectivity index (χ1n) is 9.03. The van der Waals surface area contributed by atoms with E-state index in [1.807, 2.05) is 19.9 Å². The number of hydrogen-bond donors (Lipinski definition) is 0. The van der Waals surface area contributed by atoms with Crippen LogP contribution in [0.4, 0.5) is 4.39 Å². The molecule has 140 valence electrons. The lowest BCUT2D eigenvalue weighted by molar-refractivity contribution is 0.0672. The van der Waals surface area contributed by atoms with Crippen LogP contribution in [-0.4, -0.2) is 27.7 Å². The second kappa shape index (κ2) is 6.98. The molecule has 0 radical (unpaired) electrons. The summed E-state index contributed by atoms with van der Waals surface area (Å²) < 4.78 is 24.6. The van der Waals surface area contributed by atoms with Crippen LogP contribution in [0.15, 0.2) is 45.4 Å². The van der Waals surface area contributed by atoms with E-state index in [0.29, 0.717) is 23.6 Å². The van der Waals surface area contributed by atoms with E-state index in [1.54, 1.807) is 23.1 Å². The Morgan fingerprint density at radius 1 is 1.22 bits per heavy atom. The zero-order chi connectivity index (χ0) is 19.0. The minimum atomic E-state index is -0.410.